The summed E-state index contributed by atoms with van der Waals surface area (Å²) in [4.78, 5) is 0. The highest BCUT2D eigenvalue weighted by molar-refractivity contribution is 5.57. The first-order chi connectivity index (χ1) is 9.79. The zero-order valence-corrected chi connectivity index (χ0v) is 13.0. The van der Waals surface area contributed by atoms with Crippen LogP contribution in [-0.2, 0) is 9.47 Å². The standard InChI is InChI=1S/C16H21N3O2/c1-15(2,3)10-5-6-16(20-4)13(7-10)11(8-17)12(9-18)14(19)21-16/h10H,5-7,19H2,1-4H3/t10-,16-/m0/s1. The Morgan fingerprint density at radius 2 is 1.90 bits per heavy atom. The van der Waals surface area contributed by atoms with Crippen LogP contribution in [0.4, 0.5) is 0 Å². The Kier molecular flexibility index (Phi) is 3.74. The van der Waals surface area contributed by atoms with Gasteiger partial charge in [-0.05, 0) is 24.2 Å². The van der Waals surface area contributed by atoms with Crippen LogP contribution in [-0.4, -0.2) is 12.9 Å². The summed E-state index contributed by atoms with van der Waals surface area (Å²) >= 11 is 0. The minimum atomic E-state index is -0.989. The fourth-order valence-corrected chi connectivity index (χ4v) is 3.17. The summed E-state index contributed by atoms with van der Waals surface area (Å²) in [5.74, 6) is -0.604. The second-order valence-electron chi connectivity index (χ2n) is 6.68. The highest BCUT2D eigenvalue weighted by Crippen LogP contribution is 2.50. The number of rotatable bonds is 1. The average molecular weight is 287 g/mol. The third kappa shape index (κ3) is 2.39. The average Bonchev–Trinajstić information content (AvgIpc) is 2.43. The van der Waals surface area contributed by atoms with Crippen molar-refractivity contribution in [1.82, 2.24) is 0 Å². The van der Waals surface area contributed by atoms with Crippen molar-refractivity contribution in [3.05, 3.63) is 22.6 Å². The van der Waals surface area contributed by atoms with Crippen LogP contribution in [0.25, 0.3) is 0 Å². The van der Waals surface area contributed by atoms with Gasteiger partial charge in [-0.2, -0.15) is 10.5 Å². The van der Waals surface area contributed by atoms with Gasteiger partial charge in [0, 0.05) is 19.1 Å². The summed E-state index contributed by atoms with van der Waals surface area (Å²) in [7, 11) is 1.55. The molecular formula is C16H21N3O2. The lowest BCUT2D eigenvalue weighted by molar-refractivity contribution is -0.193. The molecule has 2 atom stereocenters. The second kappa shape index (κ2) is 5.09. The zero-order valence-electron chi connectivity index (χ0n) is 13.0. The minimum absolute atomic E-state index is 0.0196. The molecule has 5 heteroatoms. The van der Waals surface area contributed by atoms with E-state index < -0.39 is 5.79 Å². The molecule has 0 spiro atoms. The number of fused-ring (bicyclic) bond motifs is 1. The lowest BCUT2D eigenvalue weighted by atomic mass is 9.67. The molecule has 1 aliphatic carbocycles. The van der Waals surface area contributed by atoms with E-state index in [1.807, 2.05) is 6.07 Å². The molecule has 1 fully saturated rings. The Hall–Kier alpha value is -1.98. The van der Waals surface area contributed by atoms with E-state index >= 15 is 0 Å². The molecular weight excluding hydrogens is 266 g/mol. The van der Waals surface area contributed by atoms with Crippen molar-refractivity contribution in [2.75, 3.05) is 7.11 Å². The van der Waals surface area contributed by atoms with Crippen LogP contribution in [0, 0.1) is 34.0 Å². The maximum Gasteiger partial charge on any atom is 0.236 e. The van der Waals surface area contributed by atoms with Gasteiger partial charge in [-0.25, -0.2) is 0 Å². The van der Waals surface area contributed by atoms with Crippen molar-refractivity contribution in [1.29, 1.82) is 10.5 Å². The summed E-state index contributed by atoms with van der Waals surface area (Å²) in [5.41, 5.74) is 7.12. The van der Waals surface area contributed by atoms with Crippen molar-refractivity contribution in [3.8, 4) is 12.1 Å². The molecule has 2 aliphatic rings. The molecule has 0 aromatic carbocycles. The second-order valence-corrected chi connectivity index (χ2v) is 6.68. The van der Waals surface area contributed by atoms with E-state index in [2.05, 4.69) is 26.8 Å². The van der Waals surface area contributed by atoms with E-state index in [1.165, 1.54) is 0 Å². The smallest absolute Gasteiger partial charge is 0.236 e. The van der Waals surface area contributed by atoms with Crippen LogP contribution in [0.1, 0.15) is 40.0 Å². The van der Waals surface area contributed by atoms with Gasteiger partial charge in [-0.3, -0.25) is 0 Å². The normalized spacial score (nSPS) is 29.3. The number of nitrogens with two attached hydrogens (primary N) is 1. The number of allylic oxidation sites excluding steroid dienone is 2. The van der Waals surface area contributed by atoms with E-state index in [4.69, 9.17) is 15.2 Å². The van der Waals surface area contributed by atoms with Crippen LogP contribution < -0.4 is 5.73 Å². The Labute approximate surface area is 125 Å². The summed E-state index contributed by atoms with van der Waals surface area (Å²) in [6, 6.07) is 4.10. The van der Waals surface area contributed by atoms with Crippen LogP contribution >= 0.6 is 0 Å². The third-order valence-electron chi connectivity index (χ3n) is 4.58. The fourth-order valence-electron chi connectivity index (χ4n) is 3.17. The third-order valence-corrected chi connectivity index (χ3v) is 4.58. The molecule has 0 aromatic heterocycles. The number of nitrogens with zero attached hydrogens (tertiary/aromatic N) is 2. The maximum absolute atomic E-state index is 9.49. The molecule has 2 rings (SSSR count). The summed E-state index contributed by atoms with van der Waals surface area (Å²) in [5, 5.41) is 18.7. The Morgan fingerprint density at radius 3 is 2.38 bits per heavy atom. The predicted octanol–water partition coefficient (Wildman–Crippen LogP) is 2.72. The lowest BCUT2D eigenvalue weighted by Crippen LogP contribution is -2.46. The molecule has 0 bridgehead atoms. The molecule has 5 nitrogen and oxygen atoms in total. The van der Waals surface area contributed by atoms with Crippen LogP contribution in [0.2, 0.25) is 0 Å². The molecule has 0 radical (unpaired) electrons. The van der Waals surface area contributed by atoms with Gasteiger partial charge in [0.1, 0.15) is 17.7 Å². The van der Waals surface area contributed by atoms with Crippen LogP contribution in [0.3, 0.4) is 0 Å². The Morgan fingerprint density at radius 1 is 1.29 bits per heavy atom. The first-order valence-corrected chi connectivity index (χ1v) is 7.07. The van der Waals surface area contributed by atoms with Gasteiger partial charge < -0.3 is 15.2 Å². The van der Waals surface area contributed by atoms with Gasteiger partial charge >= 0.3 is 0 Å². The summed E-state index contributed by atoms with van der Waals surface area (Å²) in [6.07, 6.45) is 2.23. The van der Waals surface area contributed by atoms with Gasteiger partial charge in [0.25, 0.3) is 0 Å². The Bertz CT molecular complexity index is 598. The number of methoxy groups -OCH3 is 1. The highest BCUT2D eigenvalue weighted by Gasteiger charge is 2.49. The van der Waals surface area contributed by atoms with Crippen molar-refractivity contribution >= 4 is 0 Å². The van der Waals surface area contributed by atoms with Crippen LogP contribution in [0.15, 0.2) is 22.6 Å². The summed E-state index contributed by atoms with van der Waals surface area (Å²) in [6.45, 7) is 6.55. The lowest BCUT2D eigenvalue weighted by Gasteiger charge is -2.46. The van der Waals surface area contributed by atoms with Crippen molar-refractivity contribution in [2.24, 2.45) is 17.1 Å². The van der Waals surface area contributed by atoms with Crippen molar-refractivity contribution < 1.29 is 9.47 Å². The number of ether oxygens (including phenoxy) is 2. The van der Waals surface area contributed by atoms with Crippen LogP contribution in [0.5, 0.6) is 0 Å². The van der Waals surface area contributed by atoms with Gasteiger partial charge in [0.15, 0.2) is 0 Å². The molecule has 112 valence electrons. The molecule has 21 heavy (non-hydrogen) atoms. The van der Waals surface area contributed by atoms with E-state index in [0.29, 0.717) is 24.3 Å². The van der Waals surface area contributed by atoms with E-state index in [0.717, 1.165) is 12.0 Å². The minimum Gasteiger partial charge on any atom is -0.442 e. The van der Waals surface area contributed by atoms with Crippen molar-refractivity contribution in [2.45, 2.75) is 45.8 Å². The zero-order chi connectivity index (χ0) is 15.8. The monoisotopic (exact) mass is 287 g/mol. The number of hydrogen-bond donors (Lipinski definition) is 1. The van der Waals surface area contributed by atoms with Crippen molar-refractivity contribution in [3.63, 3.8) is 0 Å². The topological polar surface area (TPSA) is 92.1 Å². The molecule has 0 saturated heterocycles. The summed E-state index contributed by atoms with van der Waals surface area (Å²) < 4.78 is 11.3. The molecule has 0 unspecified atom stereocenters. The van der Waals surface area contributed by atoms with E-state index in [9.17, 15) is 10.5 Å². The first-order valence-electron chi connectivity index (χ1n) is 7.07. The maximum atomic E-state index is 9.49. The molecule has 1 heterocycles. The first kappa shape index (κ1) is 15.4. The largest absolute Gasteiger partial charge is 0.442 e. The molecule has 2 N–H and O–H groups in total. The SMILES string of the molecule is CO[C@]12CC[C@H](C(C)(C)C)CC1=C(C#N)C(C#N)=C(N)O2. The molecule has 0 aromatic rings. The number of hydrogen-bond acceptors (Lipinski definition) is 5. The van der Waals surface area contributed by atoms with Gasteiger partial charge in [-0.15, -0.1) is 0 Å². The Balaban J connectivity index is 2.57. The van der Waals surface area contributed by atoms with Gasteiger partial charge in [-0.1, -0.05) is 20.8 Å². The quantitative estimate of drug-likeness (QED) is 0.800. The van der Waals surface area contributed by atoms with Gasteiger partial charge in [0.2, 0.25) is 11.7 Å². The molecule has 0 amide bonds. The predicted molar refractivity (Wildman–Crippen MR) is 77.1 cm³/mol. The number of nitriles is 2. The van der Waals surface area contributed by atoms with E-state index in [1.54, 1.807) is 7.11 Å². The molecule has 1 saturated carbocycles. The van der Waals surface area contributed by atoms with Gasteiger partial charge in [0.05, 0.1) is 5.57 Å². The van der Waals surface area contributed by atoms with E-state index in [-0.39, 0.29) is 16.9 Å². The molecule has 1 aliphatic heterocycles. The fraction of sp³-hybridized carbons (Fsp3) is 0.625. The highest BCUT2D eigenvalue weighted by atomic mass is 16.7.